The highest BCUT2D eigenvalue weighted by Crippen LogP contribution is 2.29. The van der Waals surface area contributed by atoms with Crippen LogP contribution in [0.5, 0.6) is 0 Å². The van der Waals surface area contributed by atoms with Crippen LogP contribution in [-0.4, -0.2) is 21.2 Å². The Hall–Kier alpha value is 0.170. The van der Waals surface area contributed by atoms with Gasteiger partial charge in [0.25, 0.3) is 0 Å². The second-order valence-corrected chi connectivity index (χ2v) is 4.35. The van der Waals surface area contributed by atoms with E-state index in [4.69, 9.17) is 39.9 Å². The van der Waals surface area contributed by atoms with Crippen molar-refractivity contribution in [3.05, 3.63) is 0 Å². The van der Waals surface area contributed by atoms with E-state index in [9.17, 15) is 9.59 Å². The van der Waals surface area contributed by atoms with Gasteiger partial charge >= 0.3 is 0 Å². The summed E-state index contributed by atoms with van der Waals surface area (Å²) in [7, 11) is 0. The quantitative estimate of drug-likeness (QED) is 0.608. The topological polar surface area (TPSA) is 54.4 Å². The maximum atomic E-state index is 11.0. The molecule has 0 aromatic carbocycles. The third kappa shape index (κ3) is 3.73. The van der Waals surface area contributed by atoms with Crippen LogP contribution in [0.2, 0.25) is 0 Å². The maximum absolute atomic E-state index is 11.0. The highest BCUT2D eigenvalue weighted by Gasteiger charge is 2.35. The molecule has 0 bridgehead atoms. The van der Waals surface area contributed by atoms with E-state index < -0.39 is 33.8 Å². The summed E-state index contributed by atoms with van der Waals surface area (Å²) in [5.74, 6) is -2.25. The van der Waals surface area contributed by atoms with Crippen LogP contribution in [0.4, 0.5) is 0 Å². The predicted octanol–water partition coefficient (Wildman–Crippen LogP) is 1.96. The highest BCUT2D eigenvalue weighted by molar-refractivity contribution is 6.66. The number of halogens is 3. The van der Waals surface area contributed by atoms with E-state index in [-0.39, 0.29) is 0 Å². The van der Waals surface area contributed by atoms with Gasteiger partial charge in [0.15, 0.2) is 0 Å². The first-order chi connectivity index (χ1) is 6.29. The largest absolute Gasteiger partial charge is 0.377 e. The van der Waals surface area contributed by atoms with Crippen LogP contribution in [-0.2, 0) is 9.59 Å². The molecule has 3 nitrogen and oxygen atoms in total. The van der Waals surface area contributed by atoms with Crippen LogP contribution < -0.4 is 0 Å². The van der Waals surface area contributed by atoms with E-state index in [1.165, 1.54) is 13.8 Å². The van der Waals surface area contributed by atoms with Crippen LogP contribution in [0.15, 0.2) is 0 Å². The SMILES string of the molecule is CC(C(=O)Cl)C(C(=O)Cl)C(C)C(O)Cl. The van der Waals surface area contributed by atoms with E-state index >= 15 is 0 Å². The lowest BCUT2D eigenvalue weighted by Crippen LogP contribution is -2.33. The fourth-order valence-electron chi connectivity index (χ4n) is 1.17. The van der Waals surface area contributed by atoms with Crippen LogP contribution in [0.1, 0.15) is 13.8 Å². The van der Waals surface area contributed by atoms with Crippen molar-refractivity contribution in [3.8, 4) is 0 Å². The summed E-state index contributed by atoms with van der Waals surface area (Å²) in [5, 5.41) is 7.67. The van der Waals surface area contributed by atoms with Crippen molar-refractivity contribution in [2.24, 2.45) is 17.8 Å². The Morgan fingerprint density at radius 1 is 1.14 bits per heavy atom. The fourth-order valence-corrected chi connectivity index (χ4v) is 1.85. The molecule has 0 spiro atoms. The molecule has 0 aliphatic carbocycles. The molecule has 0 aliphatic rings. The normalized spacial score (nSPS) is 19.6. The Kier molecular flexibility index (Phi) is 5.98. The minimum Gasteiger partial charge on any atom is -0.377 e. The van der Waals surface area contributed by atoms with Crippen molar-refractivity contribution < 1.29 is 14.7 Å². The Labute approximate surface area is 97.3 Å². The average Bonchev–Trinajstić information content (AvgIpc) is 2.03. The number of aliphatic hydroxyl groups is 1. The molecular formula is C8H11Cl3O3. The second kappa shape index (κ2) is 5.91. The summed E-state index contributed by atoms with van der Waals surface area (Å²) in [6.45, 7) is 3.00. The lowest BCUT2D eigenvalue weighted by molar-refractivity contribution is -0.125. The summed E-state index contributed by atoms with van der Waals surface area (Å²) in [4.78, 5) is 21.9. The standard InChI is InChI=1S/C8H11Cl3O3/c1-3(6(9)12)5(8(11)14)4(2)7(10)13/h3-6,12H,1-2H3. The molecule has 0 rings (SSSR count). The number of hydrogen-bond donors (Lipinski definition) is 1. The van der Waals surface area contributed by atoms with Gasteiger partial charge < -0.3 is 5.11 Å². The summed E-state index contributed by atoms with van der Waals surface area (Å²) in [5.41, 5.74) is -1.24. The summed E-state index contributed by atoms with van der Waals surface area (Å²) < 4.78 is 0. The third-order valence-electron chi connectivity index (χ3n) is 2.16. The monoisotopic (exact) mass is 260 g/mol. The predicted molar refractivity (Wildman–Crippen MR) is 55.4 cm³/mol. The van der Waals surface area contributed by atoms with Gasteiger partial charge in [0, 0.05) is 11.8 Å². The summed E-state index contributed by atoms with van der Waals surface area (Å²) in [6.07, 6.45) is 0. The molecule has 0 radical (unpaired) electrons. The zero-order valence-electron chi connectivity index (χ0n) is 7.71. The second-order valence-electron chi connectivity index (χ2n) is 3.15. The van der Waals surface area contributed by atoms with Crippen molar-refractivity contribution in [2.75, 3.05) is 0 Å². The van der Waals surface area contributed by atoms with Gasteiger partial charge in [-0.3, -0.25) is 9.59 Å². The molecule has 4 atom stereocenters. The fraction of sp³-hybridized carbons (Fsp3) is 0.750. The van der Waals surface area contributed by atoms with E-state index in [0.717, 1.165) is 0 Å². The molecule has 0 fully saturated rings. The minimum absolute atomic E-state index is 0.626. The van der Waals surface area contributed by atoms with Crippen LogP contribution in [0.3, 0.4) is 0 Å². The van der Waals surface area contributed by atoms with Crippen LogP contribution in [0.25, 0.3) is 0 Å². The molecule has 0 aromatic rings. The third-order valence-corrected chi connectivity index (χ3v) is 3.15. The molecule has 0 heterocycles. The van der Waals surface area contributed by atoms with Crippen molar-refractivity contribution in [3.63, 3.8) is 0 Å². The van der Waals surface area contributed by atoms with Gasteiger partial charge in [-0.2, -0.15) is 0 Å². The number of alkyl halides is 1. The van der Waals surface area contributed by atoms with Gasteiger partial charge in [0.1, 0.15) is 5.56 Å². The van der Waals surface area contributed by atoms with E-state index in [2.05, 4.69) is 0 Å². The molecule has 0 amide bonds. The molecule has 0 aliphatic heterocycles. The smallest absolute Gasteiger partial charge is 0.225 e. The number of aliphatic hydroxyl groups excluding tert-OH is 1. The summed E-state index contributed by atoms with van der Waals surface area (Å²) >= 11 is 15.9. The Balaban J connectivity index is 4.76. The first-order valence-corrected chi connectivity index (χ1v) is 5.19. The van der Waals surface area contributed by atoms with Gasteiger partial charge in [-0.25, -0.2) is 0 Å². The van der Waals surface area contributed by atoms with Crippen molar-refractivity contribution >= 4 is 45.3 Å². The van der Waals surface area contributed by atoms with Crippen molar-refractivity contribution in [2.45, 2.75) is 19.4 Å². The Morgan fingerprint density at radius 2 is 1.57 bits per heavy atom. The van der Waals surface area contributed by atoms with Gasteiger partial charge in [-0.05, 0) is 23.2 Å². The molecule has 4 unspecified atom stereocenters. The van der Waals surface area contributed by atoms with Crippen molar-refractivity contribution in [1.82, 2.24) is 0 Å². The maximum Gasteiger partial charge on any atom is 0.225 e. The molecule has 0 saturated carbocycles. The van der Waals surface area contributed by atoms with E-state index in [0.29, 0.717) is 0 Å². The minimum atomic E-state index is -1.24. The Bertz CT molecular complexity index is 230. The first kappa shape index (κ1) is 14.2. The zero-order chi connectivity index (χ0) is 11.5. The number of hydrogen-bond acceptors (Lipinski definition) is 3. The molecular weight excluding hydrogens is 250 g/mol. The highest BCUT2D eigenvalue weighted by atomic mass is 35.5. The molecule has 6 heteroatoms. The number of carbonyl (C=O) groups excluding carboxylic acids is 2. The lowest BCUT2D eigenvalue weighted by Gasteiger charge is -2.24. The summed E-state index contributed by atoms with van der Waals surface area (Å²) in [6, 6.07) is 0. The molecule has 0 aromatic heterocycles. The van der Waals surface area contributed by atoms with Gasteiger partial charge in [-0.15, -0.1) is 0 Å². The zero-order valence-corrected chi connectivity index (χ0v) is 9.97. The number of rotatable bonds is 5. The Morgan fingerprint density at radius 3 is 1.79 bits per heavy atom. The molecule has 1 N–H and O–H groups in total. The number of carbonyl (C=O) groups is 2. The molecule has 82 valence electrons. The average molecular weight is 262 g/mol. The van der Waals surface area contributed by atoms with Gasteiger partial charge in [0.2, 0.25) is 10.5 Å². The van der Waals surface area contributed by atoms with E-state index in [1.54, 1.807) is 0 Å². The van der Waals surface area contributed by atoms with Crippen molar-refractivity contribution in [1.29, 1.82) is 0 Å². The van der Waals surface area contributed by atoms with E-state index in [1.807, 2.05) is 0 Å². The molecule has 0 saturated heterocycles. The van der Waals surface area contributed by atoms with Gasteiger partial charge in [-0.1, -0.05) is 25.4 Å². The lowest BCUT2D eigenvalue weighted by atomic mass is 9.85. The first-order valence-electron chi connectivity index (χ1n) is 3.99. The van der Waals surface area contributed by atoms with Crippen LogP contribution in [0, 0.1) is 17.8 Å². The van der Waals surface area contributed by atoms with Gasteiger partial charge in [0.05, 0.1) is 5.92 Å². The van der Waals surface area contributed by atoms with Crippen LogP contribution >= 0.6 is 34.8 Å². The molecule has 14 heavy (non-hydrogen) atoms.